The second kappa shape index (κ2) is 11.0. The Balaban J connectivity index is 1.44. The molecule has 2 aliphatic rings. The van der Waals surface area contributed by atoms with Crippen LogP contribution in [0.1, 0.15) is 39.9 Å². The third-order valence-corrected chi connectivity index (χ3v) is 7.70. The van der Waals surface area contributed by atoms with Crippen LogP contribution in [-0.2, 0) is 17.7 Å². The molecule has 1 aliphatic heterocycles. The van der Waals surface area contributed by atoms with Crippen LogP contribution < -0.4 is 0 Å². The van der Waals surface area contributed by atoms with Gasteiger partial charge in [0.2, 0.25) is 0 Å². The molecular weight excluding hydrogens is 479 g/mol. The maximum absolute atomic E-state index is 16.0. The lowest BCUT2D eigenvalue weighted by atomic mass is 9.94. The number of hydrogen-bond donors (Lipinski definition) is 0. The number of likely N-dealkylation sites (N-methyl/N-ethyl adjacent to an activating group) is 1. The molecule has 0 bridgehead atoms. The van der Waals surface area contributed by atoms with Crippen molar-refractivity contribution in [3.05, 3.63) is 63.7 Å². The highest BCUT2D eigenvalue weighted by Crippen LogP contribution is 2.30. The lowest BCUT2D eigenvalue weighted by molar-refractivity contribution is 0.0738. The summed E-state index contributed by atoms with van der Waals surface area (Å²) in [6.45, 7) is 8.19. The fourth-order valence-corrected chi connectivity index (χ4v) is 5.07. The summed E-state index contributed by atoms with van der Waals surface area (Å²) in [4.78, 5) is 22.5. The number of aryl methyl sites for hydroxylation is 1. The van der Waals surface area contributed by atoms with E-state index in [2.05, 4.69) is 21.8 Å². The molecule has 1 aromatic heterocycles. The number of halogens is 2. The SMILES string of the molecule is Cc1cc(Cl)ccc1Cc1c(C(=O)COCC2CC2)cc2c(ncn2CCN2CCN(C)CC2)c1F. The highest BCUT2D eigenvalue weighted by atomic mass is 35.5. The quantitative estimate of drug-likeness (QED) is 0.372. The van der Waals surface area contributed by atoms with Crippen LogP contribution in [0.25, 0.3) is 11.0 Å². The molecule has 5 rings (SSSR count). The first-order valence-corrected chi connectivity index (χ1v) is 13.2. The van der Waals surface area contributed by atoms with Gasteiger partial charge in [0.15, 0.2) is 11.6 Å². The first-order valence-electron chi connectivity index (χ1n) is 12.8. The predicted molar refractivity (Wildman–Crippen MR) is 140 cm³/mol. The summed E-state index contributed by atoms with van der Waals surface area (Å²) in [5.41, 5.74) is 3.61. The summed E-state index contributed by atoms with van der Waals surface area (Å²) in [6.07, 6.45) is 4.30. The number of hydrogen-bond acceptors (Lipinski definition) is 5. The number of carbonyl (C=O) groups is 1. The first-order chi connectivity index (χ1) is 17.4. The topological polar surface area (TPSA) is 50.6 Å². The van der Waals surface area contributed by atoms with E-state index in [1.807, 2.05) is 29.7 Å². The molecule has 1 saturated carbocycles. The highest BCUT2D eigenvalue weighted by molar-refractivity contribution is 6.30. The van der Waals surface area contributed by atoms with E-state index in [9.17, 15) is 4.79 Å². The molecular formula is C28H34ClFN4O2. The molecule has 2 fully saturated rings. The maximum Gasteiger partial charge on any atom is 0.188 e. The van der Waals surface area contributed by atoms with E-state index >= 15 is 4.39 Å². The largest absolute Gasteiger partial charge is 0.373 e. The Morgan fingerprint density at radius 2 is 1.94 bits per heavy atom. The molecule has 36 heavy (non-hydrogen) atoms. The van der Waals surface area contributed by atoms with E-state index in [4.69, 9.17) is 16.3 Å². The van der Waals surface area contributed by atoms with E-state index in [-0.39, 0.29) is 12.4 Å². The van der Waals surface area contributed by atoms with Crippen LogP contribution in [0.2, 0.25) is 5.02 Å². The number of ether oxygens (including phenoxy) is 1. The zero-order chi connectivity index (χ0) is 25.2. The van der Waals surface area contributed by atoms with Crippen LogP contribution in [0.5, 0.6) is 0 Å². The predicted octanol–water partition coefficient (Wildman–Crippen LogP) is 4.58. The van der Waals surface area contributed by atoms with E-state index < -0.39 is 5.82 Å². The normalized spacial score (nSPS) is 17.2. The van der Waals surface area contributed by atoms with Crippen LogP contribution in [-0.4, -0.2) is 78.1 Å². The van der Waals surface area contributed by atoms with Gasteiger partial charge < -0.3 is 14.2 Å². The molecule has 1 aliphatic carbocycles. The highest BCUT2D eigenvalue weighted by Gasteiger charge is 2.25. The third-order valence-electron chi connectivity index (χ3n) is 7.47. The number of ketones is 1. The second-order valence-corrected chi connectivity index (χ2v) is 10.7. The number of Topliss-reactive ketones (excluding diaryl/α,β-unsaturated/α-hetero) is 1. The van der Waals surface area contributed by atoms with Crippen LogP contribution >= 0.6 is 11.6 Å². The molecule has 0 N–H and O–H groups in total. The summed E-state index contributed by atoms with van der Waals surface area (Å²) in [5.74, 6) is -0.0557. The third kappa shape index (κ3) is 5.80. The molecule has 2 heterocycles. The van der Waals surface area contributed by atoms with Gasteiger partial charge in [0.25, 0.3) is 0 Å². The summed E-state index contributed by atoms with van der Waals surface area (Å²) >= 11 is 6.13. The van der Waals surface area contributed by atoms with Gasteiger partial charge in [-0.05, 0) is 62.1 Å². The number of piperazine rings is 1. The Morgan fingerprint density at radius 3 is 2.67 bits per heavy atom. The molecule has 3 aromatic rings. The number of benzene rings is 2. The smallest absolute Gasteiger partial charge is 0.188 e. The van der Waals surface area contributed by atoms with Crippen molar-refractivity contribution in [3.63, 3.8) is 0 Å². The Bertz CT molecular complexity index is 1250. The number of imidazole rings is 1. The van der Waals surface area contributed by atoms with Gasteiger partial charge in [-0.1, -0.05) is 17.7 Å². The van der Waals surface area contributed by atoms with Crippen molar-refractivity contribution in [2.45, 2.75) is 32.7 Å². The average molecular weight is 513 g/mol. The molecule has 0 spiro atoms. The molecule has 0 unspecified atom stereocenters. The summed E-state index contributed by atoms with van der Waals surface area (Å²) in [5, 5.41) is 0.635. The van der Waals surface area contributed by atoms with Crippen molar-refractivity contribution >= 4 is 28.4 Å². The average Bonchev–Trinajstić information content (AvgIpc) is 3.59. The van der Waals surface area contributed by atoms with Gasteiger partial charge in [0.1, 0.15) is 12.1 Å². The lowest BCUT2D eigenvalue weighted by Crippen LogP contribution is -2.45. The molecule has 0 amide bonds. The molecule has 1 saturated heterocycles. The Kier molecular flexibility index (Phi) is 7.72. The van der Waals surface area contributed by atoms with Gasteiger partial charge in [-0.15, -0.1) is 0 Å². The molecule has 0 atom stereocenters. The standard InChI is InChI=1S/C28H34ClFN4O2/c1-19-13-22(29)6-5-21(19)14-24-23(26(35)17-36-16-20-3-4-20)15-25-28(27(24)30)31-18-34(25)12-11-33-9-7-32(2)8-10-33/h5-6,13,15,18,20H,3-4,7-12,14,16-17H2,1-2H3. The van der Waals surface area contributed by atoms with Gasteiger partial charge in [-0.3, -0.25) is 9.69 Å². The number of carbonyl (C=O) groups excluding carboxylic acids is 1. The second-order valence-electron chi connectivity index (χ2n) is 10.3. The van der Waals surface area contributed by atoms with Crippen molar-refractivity contribution < 1.29 is 13.9 Å². The first kappa shape index (κ1) is 25.3. The molecule has 192 valence electrons. The van der Waals surface area contributed by atoms with Crippen molar-refractivity contribution in [2.24, 2.45) is 5.92 Å². The van der Waals surface area contributed by atoms with Gasteiger partial charge in [-0.25, -0.2) is 9.37 Å². The Hall–Kier alpha value is -2.32. The number of rotatable bonds is 10. The van der Waals surface area contributed by atoms with Crippen molar-refractivity contribution in [3.8, 4) is 0 Å². The van der Waals surface area contributed by atoms with Gasteiger partial charge >= 0.3 is 0 Å². The number of aromatic nitrogens is 2. The zero-order valence-corrected chi connectivity index (χ0v) is 21.9. The molecule has 2 aromatic carbocycles. The minimum absolute atomic E-state index is 0.0382. The van der Waals surface area contributed by atoms with Crippen LogP contribution in [0.3, 0.4) is 0 Å². The lowest BCUT2D eigenvalue weighted by Gasteiger charge is -2.32. The summed E-state index contributed by atoms with van der Waals surface area (Å²) in [6, 6.07) is 7.38. The van der Waals surface area contributed by atoms with Crippen molar-refractivity contribution in [1.82, 2.24) is 19.4 Å². The minimum atomic E-state index is -0.425. The Labute approximate surface area is 217 Å². The van der Waals surface area contributed by atoms with Gasteiger partial charge in [-0.2, -0.15) is 0 Å². The van der Waals surface area contributed by atoms with Crippen molar-refractivity contribution in [2.75, 3.05) is 53.0 Å². The molecule has 0 radical (unpaired) electrons. The van der Waals surface area contributed by atoms with Crippen LogP contribution in [0, 0.1) is 18.7 Å². The van der Waals surface area contributed by atoms with Crippen LogP contribution in [0.4, 0.5) is 4.39 Å². The van der Waals surface area contributed by atoms with E-state index in [0.717, 1.165) is 56.7 Å². The van der Waals surface area contributed by atoms with Gasteiger partial charge in [0.05, 0.1) is 18.5 Å². The summed E-state index contributed by atoms with van der Waals surface area (Å²) in [7, 11) is 2.14. The zero-order valence-electron chi connectivity index (χ0n) is 21.1. The Morgan fingerprint density at radius 1 is 1.17 bits per heavy atom. The summed E-state index contributed by atoms with van der Waals surface area (Å²) < 4.78 is 23.7. The van der Waals surface area contributed by atoms with Gasteiger partial charge in [0, 0.05) is 61.8 Å². The molecule has 8 heteroatoms. The fraction of sp³-hybridized carbons (Fsp3) is 0.500. The van der Waals surface area contributed by atoms with E-state index in [1.165, 1.54) is 0 Å². The van der Waals surface area contributed by atoms with E-state index in [1.54, 1.807) is 12.4 Å². The minimum Gasteiger partial charge on any atom is -0.373 e. The van der Waals surface area contributed by atoms with E-state index in [0.29, 0.717) is 52.7 Å². The number of nitrogens with zero attached hydrogens (tertiary/aromatic N) is 4. The monoisotopic (exact) mass is 512 g/mol. The van der Waals surface area contributed by atoms with Crippen LogP contribution in [0.15, 0.2) is 30.6 Å². The number of fused-ring (bicyclic) bond motifs is 1. The molecule has 6 nitrogen and oxygen atoms in total. The fourth-order valence-electron chi connectivity index (χ4n) is 4.85. The maximum atomic E-state index is 16.0. The van der Waals surface area contributed by atoms with Crippen molar-refractivity contribution in [1.29, 1.82) is 0 Å².